The summed E-state index contributed by atoms with van der Waals surface area (Å²) in [7, 11) is 0. The molecule has 0 fully saturated rings. The van der Waals surface area contributed by atoms with Crippen molar-refractivity contribution in [2.24, 2.45) is 5.92 Å². The minimum absolute atomic E-state index is 0.195. The first-order chi connectivity index (χ1) is 10.0. The van der Waals surface area contributed by atoms with Crippen LogP contribution in [0.5, 0.6) is 0 Å². The highest BCUT2D eigenvalue weighted by Gasteiger charge is 2.19. The Kier molecular flexibility index (Phi) is 5.37. The largest absolute Gasteiger partial charge is 0.314 e. The lowest BCUT2D eigenvalue weighted by atomic mass is 9.96. The van der Waals surface area contributed by atoms with Crippen LogP contribution in [-0.4, -0.2) is 14.8 Å². The van der Waals surface area contributed by atoms with Crippen molar-refractivity contribution in [2.45, 2.75) is 46.8 Å². The third-order valence-corrected chi connectivity index (χ3v) is 4.06. The number of halogens is 1. The van der Waals surface area contributed by atoms with Crippen molar-refractivity contribution in [1.82, 2.24) is 20.1 Å². The summed E-state index contributed by atoms with van der Waals surface area (Å²) in [5.74, 6) is 2.35. The Bertz CT molecular complexity index is 592. The highest BCUT2D eigenvalue weighted by molar-refractivity contribution is 6.31. The minimum Gasteiger partial charge on any atom is -0.314 e. The molecule has 2 aromatic rings. The zero-order valence-electron chi connectivity index (χ0n) is 13.1. The van der Waals surface area contributed by atoms with Crippen LogP contribution in [0.4, 0.5) is 0 Å². The van der Waals surface area contributed by atoms with Crippen molar-refractivity contribution in [1.29, 1.82) is 0 Å². The van der Waals surface area contributed by atoms with Crippen LogP contribution in [0.25, 0.3) is 0 Å². The molecule has 0 amide bonds. The predicted molar refractivity (Wildman–Crippen MR) is 86.3 cm³/mol. The van der Waals surface area contributed by atoms with Crippen molar-refractivity contribution in [3.8, 4) is 0 Å². The Morgan fingerprint density at radius 1 is 1.24 bits per heavy atom. The molecule has 2 rings (SSSR count). The van der Waals surface area contributed by atoms with Gasteiger partial charge in [0.2, 0.25) is 0 Å². The number of aryl methyl sites for hydroxylation is 1. The Hall–Kier alpha value is -1.39. The Balaban J connectivity index is 2.16. The van der Waals surface area contributed by atoms with Gasteiger partial charge in [0.05, 0.1) is 6.54 Å². The van der Waals surface area contributed by atoms with E-state index in [-0.39, 0.29) is 6.04 Å². The molecule has 0 aliphatic carbocycles. The van der Waals surface area contributed by atoms with Crippen molar-refractivity contribution < 1.29 is 0 Å². The molecule has 1 heterocycles. The van der Waals surface area contributed by atoms with Gasteiger partial charge >= 0.3 is 0 Å². The summed E-state index contributed by atoms with van der Waals surface area (Å²) in [6.07, 6.45) is 0. The fourth-order valence-electron chi connectivity index (χ4n) is 2.60. The molecular formula is C16H23ClN4. The Morgan fingerprint density at radius 2 is 1.95 bits per heavy atom. The third-order valence-electron chi connectivity index (χ3n) is 3.72. The maximum absolute atomic E-state index is 6.33. The predicted octanol–water partition coefficient (Wildman–Crippen LogP) is 3.75. The van der Waals surface area contributed by atoms with Crippen molar-refractivity contribution in [2.75, 3.05) is 0 Å². The highest BCUT2D eigenvalue weighted by Crippen LogP contribution is 2.28. The number of benzene rings is 1. The number of hydrogen-bond acceptors (Lipinski definition) is 3. The van der Waals surface area contributed by atoms with Crippen LogP contribution in [0.1, 0.15) is 44.0 Å². The molecule has 0 saturated carbocycles. The van der Waals surface area contributed by atoms with Gasteiger partial charge in [-0.3, -0.25) is 0 Å². The number of aromatic nitrogens is 3. The highest BCUT2D eigenvalue weighted by atomic mass is 35.5. The van der Waals surface area contributed by atoms with Gasteiger partial charge in [0.25, 0.3) is 0 Å². The van der Waals surface area contributed by atoms with Crippen LogP contribution in [0.2, 0.25) is 5.02 Å². The first-order valence-electron chi connectivity index (χ1n) is 7.41. The summed E-state index contributed by atoms with van der Waals surface area (Å²) < 4.78 is 2.12. The van der Waals surface area contributed by atoms with Gasteiger partial charge in [-0.2, -0.15) is 0 Å². The molecule has 21 heavy (non-hydrogen) atoms. The van der Waals surface area contributed by atoms with E-state index < -0.39 is 0 Å². The fraction of sp³-hybridized carbons (Fsp3) is 0.500. The average molecular weight is 307 g/mol. The average Bonchev–Trinajstić information content (AvgIpc) is 2.81. The molecule has 0 bridgehead atoms. The number of hydrogen-bond donors (Lipinski definition) is 1. The zero-order valence-corrected chi connectivity index (χ0v) is 13.9. The van der Waals surface area contributed by atoms with Crippen LogP contribution in [-0.2, 0) is 13.1 Å². The lowest BCUT2D eigenvalue weighted by Crippen LogP contribution is -2.27. The molecule has 1 atom stereocenters. The van der Waals surface area contributed by atoms with E-state index in [2.05, 4.69) is 46.9 Å². The van der Waals surface area contributed by atoms with Gasteiger partial charge in [0, 0.05) is 17.6 Å². The molecular weight excluding hydrogens is 284 g/mol. The number of nitrogens with one attached hydrogen (secondary N) is 1. The molecule has 0 unspecified atom stereocenters. The topological polar surface area (TPSA) is 42.7 Å². The van der Waals surface area contributed by atoms with Crippen LogP contribution in [0, 0.1) is 12.8 Å². The van der Waals surface area contributed by atoms with E-state index in [0.29, 0.717) is 12.5 Å². The maximum Gasteiger partial charge on any atom is 0.147 e. The van der Waals surface area contributed by atoms with E-state index in [9.17, 15) is 0 Å². The smallest absolute Gasteiger partial charge is 0.147 e. The standard InChI is InChI=1S/C16H23ClN4/c1-5-21-12(4)19-20-15(21)10-18-16(11(2)3)13-8-6-7-9-14(13)17/h6-9,11,16,18H,5,10H2,1-4H3/t16-/m0/s1. The second-order valence-corrected chi connectivity index (χ2v) is 5.94. The molecule has 0 aliphatic heterocycles. The van der Waals surface area contributed by atoms with Gasteiger partial charge in [0.15, 0.2) is 0 Å². The lowest BCUT2D eigenvalue weighted by Gasteiger charge is -2.24. The Morgan fingerprint density at radius 3 is 2.57 bits per heavy atom. The second-order valence-electron chi connectivity index (χ2n) is 5.53. The van der Waals surface area contributed by atoms with E-state index in [1.807, 2.05) is 25.1 Å². The first kappa shape index (κ1) is 16.0. The first-order valence-corrected chi connectivity index (χ1v) is 7.78. The van der Waals surface area contributed by atoms with Gasteiger partial charge in [-0.05, 0) is 31.4 Å². The van der Waals surface area contributed by atoms with Gasteiger partial charge in [-0.15, -0.1) is 10.2 Å². The van der Waals surface area contributed by atoms with Crippen LogP contribution < -0.4 is 5.32 Å². The zero-order chi connectivity index (χ0) is 15.4. The van der Waals surface area contributed by atoms with Crippen LogP contribution >= 0.6 is 11.6 Å². The summed E-state index contributed by atoms with van der Waals surface area (Å²) in [4.78, 5) is 0. The molecule has 1 aromatic heterocycles. The molecule has 0 aliphatic rings. The molecule has 4 nitrogen and oxygen atoms in total. The van der Waals surface area contributed by atoms with Crippen LogP contribution in [0.15, 0.2) is 24.3 Å². The van der Waals surface area contributed by atoms with Gasteiger partial charge in [0.1, 0.15) is 11.6 Å². The summed E-state index contributed by atoms with van der Waals surface area (Å²) in [5, 5.41) is 12.8. The van der Waals surface area contributed by atoms with Gasteiger partial charge in [-0.25, -0.2) is 0 Å². The maximum atomic E-state index is 6.33. The number of nitrogens with zero attached hydrogens (tertiary/aromatic N) is 3. The molecule has 1 aromatic carbocycles. The van der Waals surface area contributed by atoms with Crippen LogP contribution in [0.3, 0.4) is 0 Å². The van der Waals surface area contributed by atoms with E-state index >= 15 is 0 Å². The monoisotopic (exact) mass is 306 g/mol. The third kappa shape index (κ3) is 3.63. The van der Waals surface area contributed by atoms with Crippen molar-refractivity contribution in [3.63, 3.8) is 0 Å². The quantitative estimate of drug-likeness (QED) is 0.884. The van der Waals surface area contributed by atoms with E-state index in [1.165, 1.54) is 0 Å². The molecule has 114 valence electrons. The van der Waals surface area contributed by atoms with Gasteiger partial charge < -0.3 is 9.88 Å². The normalized spacial score (nSPS) is 12.9. The van der Waals surface area contributed by atoms with E-state index in [1.54, 1.807) is 0 Å². The SMILES string of the molecule is CCn1c(C)nnc1CN[C@H](c1ccccc1Cl)C(C)C. The minimum atomic E-state index is 0.195. The molecule has 0 spiro atoms. The molecule has 0 saturated heterocycles. The summed E-state index contributed by atoms with van der Waals surface area (Å²) >= 11 is 6.33. The van der Waals surface area contributed by atoms with E-state index in [4.69, 9.17) is 11.6 Å². The summed E-state index contributed by atoms with van der Waals surface area (Å²) in [5.41, 5.74) is 1.13. The molecule has 1 N–H and O–H groups in total. The van der Waals surface area contributed by atoms with E-state index in [0.717, 1.165) is 28.8 Å². The Labute approximate surface area is 131 Å². The van der Waals surface area contributed by atoms with Crippen molar-refractivity contribution >= 4 is 11.6 Å². The molecule has 0 radical (unpaired) electrons. The summed E-state index contributed by atoms with van der Waals surface area (Å²) in [6, 6.07) is 8.20. The second kappa shape index (κ2) is 7.05. The van der Waals surface area contributed by atoms with Gasteiger partial charge in [-0.1, -0.05) is 43.6 Å². The molecule has 5 heteroatoms. The van der Waals surface area contributed by atoms with Crippen molar-refractivity contribution in [3.05, 3.63) is 46.5 Å². The lowest BCUT2D eigenvalue weighted by molar-refractivity contribution is 0.401. The number of rotatable bonds is 6. The fourth-order valence-corrected chi connectivity index (χ4v) is 2.85. The summed E-state index contributed by atoms with van der Waals surface area (Å²) in [6.45, 7) is 10.0.